The summed E-state index contributed by atoms with van der Waals surface area (Å²) in [5.74, 6) is 0.0533. The fourth-order valence-corrected chi connectivity index (χ4v) is 8.59. The second kappa shape index (κ2) is 7.78. The lowest BCUT2D eigenvalue weighted by Crippen LogP contribution is -2.52. The Balaban J connectivity index is 1.81. The van der Waals surface area contributed by atoms with Crippen molar-refractivity contribution in [1.82, 2.24) is 9.21 Å². The van der Waals surface area contributed by atoms with E-state index >= 15 is 0 Å². The van der Waals surface area contributed by atoms with Gasteiger partial charge in [0, 0.05) is 14.2 Å². The number of urea groups is 1. The van der Waals surface area contributed by atoms with Gasteiger partial charge in [-0.1, -0.05) is 31.5 Å². The smallest absolute Gasteiger partial charge is 0.345 e. The topological polar surface area (TPSA) is 93.2 Å². The van der Waals surface area contributed by atoms with Crippen molar-refractivity contribution in [2.24, 2.45) is 16.7 Å². The van der Waals surface area contributed by atoms with Crippen LogP contribution in [0.25, 0.3) is 0 Å². The van der Waals surface area contributed by atoms with Crippen molar-refractivity contribution in [2.75, 3.05) is 14.2 Å². The molecule has 1 aliphatic heterocycles. The summed E-state index contributed by atoms with van der Waals surface area (Å²) in [6, 6.07) is 2.61. The Morgan fingerprint density at radius 1 is 1.00 bits per heavy atom. The molecule has 33 heavy (non-hydrogen) atoms. The van der Waals surface area contributed by atoms with E-state index in [0.29, 0.717) is 34.2 Å². The molecule has 0 spiro atoms. The summed E-state index contributed by atoms with van der Waals surface area (Å²) < 4.78 is 39.4. The molecule has 0 aromatic heterocycles. The van der Waals surface area contributed by atoms with Crippen LogP contribution in [-0.4, -0.2) is 56.2 Å². The molecule has 2 saturated carbocycles. The number of hydrogen-bond donors (Lipinski definition) is 0. The van der Waals surface area contributed by atoms with Gasteiger partial charge in [0.05, 0.1) is 10.3 Å². The molecule has 8 nitrogen and oxygen atoms in total. The van der Waals surface area contributed by atoms with Crippen molar-refractivity contribution in [2.45, 2.75) is 77.7 Å². The van der Waals surface area contributed by atoms with Crippen molar-refractivity contribution >= 4 is 22.0 Å². The molecule has 1 saturated heterocycles. The van der Waals surface area contributed by atoms with E-state index in [9.17, 15) is 18.0 Å². The van der Waals surface area contributed by atoms with Gasteiger partial charge in [-0.25, -0.2) is 18.1 Å². The zero-order valence-corrected chi connectivity index (χ0v) is 21.3. The highest BCUT2D eigenvalue weighted by Crippen LogP contribution is 2.66. The molecule has 0 radical (unpaired) electrons. The first kappa shape index (κ1) is 24.2. The summed E-state index contributed by atoms with van der Waals surface area (Å²) in [5, 5.41) is 0. The number of hydrogen-bond acceptors (Lipinski definition) is 6. The molecule has 182 valence electrons. The lowest BCUT2D eigenvalue weighted by molar-refractivity contribution is -0.158. The van der Waals surface area contributed by atoms with E-state index in [2.05, 4.69) is 13.8 Å². The number of nitrogens with zero attached hydrogens (tertiary/aromatic N) is 2. The van der Waals surface area contributed by atoms with E-state index in [-0.39, 0.29) is 16.2 Å². The molecule has 3 amide bonds. The molecule has 2 bridgehead atoms. The molecule has 0 unspecified atom stereocenters. The highest BCUT2D eigenvalue weighted by molar-refractivity contribution is 7.89. The summed E-state index contributed by atoms with van der Waals surface area (Å²) in [6.07, 6.45) is 0.774. The molecule has 4 rings (SSSR count). The summed E-state index contributed by atoms with van der Waals surface area (Å²) in [6.45, 7) is 9.45. The van der Waals surface area contributed by atoms with Gasteiger partial charge in [0.15, 0.2) is 12.5 Å². The van der Waals surface area contributed by atoms with Crippen LogP contribution in [0, 0.1) is 37.5 Å². The number of sulfonamides is 1. The summed E-state index contributed by atoms with van der Waals surface area (Å²) in [5.41, 5.74) is 0.996. The summed E-state index contributed by atoms with van der Waals surface area (Å²) in [7, 11) is -1.64. The maximum absolute atomic E-state index is 14.0. The molecular formula is C24H34N2O6S. The Labute approximate surface area is 196 Å². The Kier molecular flexibility index (Phi) is 5.70. The van der Waals surface area contributed by atoms with E-state index < -0.39 is 33.9 Å². The van der Waals surface area contributed by atoms with Crippen LogP contribution in [0.1, 0.15) is 56.2 Å². The first-order valence-electron chi connectivity index (χ1n) is 11.4. The normalized spacial score (nSPS) is 31.0. The van der Waals surface area contributed by atoms with Crippen LogP contribution < -0.4 is 0 Å². The molecule has 1 aromatic carbocycles. The van der Waals surface area contributed by atoms with Gasteiger partial charge in [-0.15, -0.1) is 0 Å². The number of rotatable bonds is 5. The average Bonchev–Trinajstić information content (AvgIpc) is 3.27. The fourth-order valence-electron chi connectivity index (χ4n) is 6.70. The monoisotopic (exact) mass is 478 g/mol. The van der Waals surface area contributed by atoms with Crippen LogP contribution in [0.3, 0.4) is 0 Å². The molecule has 2 aliphatic carbocycles. The van der Waals surface area contributed by atoms with Gasteiger partial charge in [-0.05, 0) is 68.9 Å². The molecule has 1 heterocycles. The minimum absolute atomic E-state index is 0.0490. The molecule has 2 atom stereocenters. The molecule has 3 aliphatic rings. The van der Waals surface area contributed by atoms with Crippen molar-refractivity contribution < 1.29 is 27.5 Å². The van der Waals surface area contributed by atoms with E-state index in [1.54, 1.807) is 26.0 Å². The van der Waals surface area contributed by atoms with Crippen molar-refractivity contribution in [3.63, 3.8) is 0 Å². The maximum atomic E-state index is 14.0. The molecule has 0 N–H and O–H groups in total. The van der Waals surface area contributed by atoms with Crippen LogP contribution in [0.4, 0.5) is 4.79 Å². The number of ether oxygens (including phenoxy) is 2. The molecule has 1 aromatic rings. The zero-order chi connectivity index (χ0) is 24.5. The lowest BCUT2D eigenvalue weighted by Gasteiger charge is -2.39. The zero-order valence-electron chi connectivity index (χ0n) is 20.5. The van der Waals surface area contributed by atoms with Crippen molar-refractivity contribution in [3.05, 3.63) is 28.8 Å². The van der Waals surface area contributed by atoms with Gasteiger partial charge in [0.2, 0.25) is 5.91 Å². The first-order valence-corrected chi connectivity index (χ1v) is 12.8. The Bertz CT molecular complexity index is 1080. The van der Waals surface area contributed by atoms with Crippen LogP contribution >= 0.6 is 0 Å². The van der Waals surface area contributed by atoms with E-state index in [1.165, 1.54) is 14.2 Å². The van der Waals surface area contributed by atoms with Crippen LogP contribution in [0.15, 0.2) is 17.0 Å². The quantitative estimate of drug-likeness (QED) is 0.640. The minimum atomic E-state index is -4.32. The second-order valence-electron chi connectivity index (χ2n) is 10.3. The molecular weight excluding hydrogens is 444 g/mol. The average molecular weight is 479 g/mol. The first-order chi connectivity index (χ1) is 15.3. The van der Waals surface area contributed by atoms with Gasteiger partial charge in [0.25, 0.3) is 10.0 Å². The molecule has 9 heteroatoms. The third-order valence-electron chi connectivity index (χ3n) is 8.45. The lowest BCUT2D eigenvalue weighted by atomic mass is 9.68. The second-order valence-corrected chi connectivity index (χ2v) is 12.1. The number of carbonyl (C=O) groups is 2. The van der Waals surface area contributed by atoms with Crippen LogP contribution in [-0.2, 0) is 24.3 Å². The number of methoxy groups -OCH3 is 2. The standard InChI is InChI=1S/C24H34N2O6S/c1-14-12-15(2)18(16(3)13-14)33(29,30)26-20(32-7)19(31-6)25(22(26)28)21(27)24-10-8-17(9-11-24)23(24,4)5/h12-13,17,19-20H,8-11H2,1-7H3/t17?,19-,20-,24?/m0/s1. The third kappa shape index (κ3) is 3.12. The number of aryl methyl sites for hydroxylation is 3. The SMILES string of the molecule is CO[C@H]1[C@H](OC)N(S(=O)(=O)c2c(C)cc(C)cc2C)C(=O)N1C(=O)C12CCC(CC1)C2(C)C. The summed E-state index contributed by atoms with van der Waals surface area (Å²) >= 11 is 0. The Morgan fingerprint density at radius 2 is 1.52 bits per heavy atom. The number of imide groups is 1. The number of fused-ring (bicyclic) bond motifs is 2. The van der Waals surface area contributed by atoms with E-state index in [0.717, 1.165) is 23.3 Å². The van der Waals surface area contributed by atoms with Gasteiger partial charge in [-0.3, -0.25) is 4.79 Å². The van der Waals surface area contributed by atoms with E-state index in [4.69, 9.17) is 9.47 Å². The predicted octanol–water partition coefficient (Wildman–Crippen LogP) is 3.73. The maximum Gasteiger partial charge on any atom is 0.345 e. The molecule has 3 fully saturated rings. The summed E-state index contributed by atoms with van der Waals surface area (Å²) in [4.78, 5) is 28.8. The van der Waals surface area contributed by atoms with E-state index in [1.807, 2.05) is 6.92 Å². The fraction of sp³-hybridized carbons (Fsp3) is 0.667. The van der Waals surface area contributed by atoms with Crippen molar-refractivity contribution in [3.8, 4) is 0 Å². The number of benzene rings is 1. The van der Waals surface area contributed by atoms with Gasteiger partial charge in [-0.2, -0.15) is 4.31 Å². The number of amides is 3. The van der Waals surface area contributed by atoms with Crippen molar-refractivity contribution in [1.29, 1.82) is 0 Å². The Hall–Kier alpha value is -1.97. The minimum Gasteiger partial charge on any atom is -0.356 e. The highest BCUT2D eigenvalue weighted by atomic mass is 32.2. The van der Waals surface area contributed by atoms with Crippen LogP contribution in [0.2, 0.25) is 0 Å². The third-order valence-corrected chi connectivity index (χ3v) is 10.5. The van der Waals surface area contributed by atoms with Gasteiger partial charge in [0.1, 0.15) is 0 Å². The van der Waals surface area contributed by atoms with Crippen LogP contribution in [0.5, 0.6) is 0 Å². The predicted molar refractivity (Wildman–Crippen MR) is 122 cm³/mol. The van der Waals surface area contributed by atoms with Gasteiger partial charge < -0.3 is 9.47 Å². The Morgan fingerprint density at radius 3 is 1.94 bits per heavy atom. The number of carbonyl (C=O) groups excluding carboxylic acids is 2. The largest absolute Gasteiger partial charge is 0.356 e. The highest BCUT2D eigenvalue weighted by Gasteiger charge is 2.67. The van der Waals surface area contributed by atoms with Gasteiger partial charge >= 0.3 is 6.03 Å².